The van der Waals surface area contributed by atoms with E-state index in [1.165, 1.54) is 24.3 Å². The molecule has 0 atom stereocenters. The zero-order valence-electron chi connectivity index (χ0n) is 13.6. The number of aryl methyl sites for hydroxylation is 2. The molecule has 0 amide bonds. The van der Waals surface area contributed by atoms with E-state index in [2.05, 4.69) is 0 Å². The summed E-state index contributed by atoms with van der Waals surface area (Å²) in [6.07, 6.45) is 0. The van der Waals surface area contributed by atoms with Crippen LogP contribution in [0.1, 0.15) is 12.6 Å². The van der Waals surface area contributed by atoms with E-state index in [-0.39, 0.29) is 40.8 Å². The zero-order chi connectivity index (χ0) is 15.7. The van der Waals surface area contributed by atoms with Gasteiger partial charge in [-0.05, 0) is 38.1 Å². The molecule has 0 saturated heterocycles. The van der Waals surface area contributed by atoms with E-state index in [4.69, 9.17) is 0 Å². The van der Waals surface area contributed by atoms with Gasteiger partial charge >= 0.3 is 29.6 Å². The van der Waals surface area contributed by atoms with Gasteiger partial charge in [-0.25, -0.2) is 16.8 Å². The Morgan fingerprint density at radius 1 is 0.682 bits per heavy atom. The van der Waals surface area contributed by atoms with Gasteiger partial charge in [0.25, 0.3) is 20.0 Å². The second-order valence-corrected chi connectivity index (χ2v) is 8.34. The summed E-state index contributed by atoms with van der Waals surface area (Å²) < 4.78 is 50.2. The van der Waals surface area contributed by atoms with Crippen LogP contribution in [-0.2, 0) is 20.0 Å². The molecule has 0 heterocycles. The van der Waals surface area contributed by atoms with Gasteiger partial charge in [0.1, 0.15) is 0 Å². The van der Waals surface area contributed by atoms with Crippen molar-refractivity contribution < 1.29 is 47.8 Å². The first-order chi connectivity index (χ1) is 9.71. The largest absolute Gasteiger partial charge is 1.00 e. The molecule has 0 bridgehead atoms. The molecule has 2 aromatic carbocycles. The van der Waals surface area contributed by atoms with Crippen molar-refractivity contribution in [2.75, 3.05) is 0 Å². The van der Waals surface area contributed by atoms with Crippen molar-refractivity contribution >= 4 is 20.0 Å². The van der Waals surface area contributed by atoms with E-state index in [9.17, 15) is 16.8 Å². The van der Waals surface area contributed by atoms with Crippen LogP contribution in [0.25, 0.3) is 0 Å². The Kier molecular flexibility index (Phi) is 6.37. The number of sulfonamides is 2. The minimum atomic E-state index is -4.13. The molecule has 5 nitrogen and oxygen atoms in total. The van der Waals surface area contributed by atoms with Crippen LogP contribution >= 0.6 is 0 Å². The molecule has 0 aromatic heterocycles. The third kappa shape index (κ3) is 4.65. The molecule has 0 radical (unpaired) electrons. The first kappa shape index (κ1) is 19.3. The quantitative estimate of drug-likeness (QED) is 0.725. The Morgan fingerprint density at radius 2 is 0.955 bits per heavy atom. The molecule has 0 unspecified atom stereocenters. The Morgan fingerprint density at radius 3 is 1.23 bits per heavy atom. The fraction of sp³-hybridized carbons (Fsp3) is 0.143. The Hall–Kier alpha value is -0.700. The summed E-state index contributed by atoms with van der Waals surface area (Å²) in [6, 6.07) is 11.9. The molecule has 0 aliphatic carbocycles. The maximum absolute atomic E-state index is 12.1. The predicted molar refractivity (Wildman–Crippen MR) is 81.0 cm³/mol. The van der Waals surface area contributed by atoms with E-state index >= 15 is 0 Å². The van der Waals surface area contributed by atoms with Gasteiger partial charge in [0.2, 0.25) is 0 Å². The van der Waals surface area contributed by atoms with E-state index in [0.717, 1.165) is 11.1 Å². The van der Waals surface area contributed by atoms with Crippen LogP contribution in [0.5, 0.6) is 0 Å². The van der Waals surface area contributed by atoms with Crippen molar-refractivity contribution in [3.8, 4) is 0 Å². The third-order valence-electron chi connectivity index (χ3n) is 2.88. The van der Waals surface area contributed by atoms with E-state index in [0.29, 0.717) is 0 Å². The van der Waals surface area contributed by atoms with Crippen LogP contribution in [0.2, 0.25) is 0 Å². The molecule has 2 aromatic rings. The van der Waals surface area contributed by atoms with Crippen LogP contribution < -0.4 is 33.7 Å². The molecule has 0 aliphatic heterocycles. The van der Waals surface area contributed by atoms with Gasteiger partial charge in [-0.3, -0.25) is 0 Å². The average Bonchev–Trinajstić information content (AvgIpc) is 2.38. The van der Waals surface area contributed by atoms with Crippen molar-refractivity contribution in [2.24, 2.45) is 0 Å². The first-order valence-electron chi connectivity index (χ1n) is 6.13. The van der Waals surface area contributed by atoms with Crippen LogP contribution in [-0.4, -0.2) is 16.8 Å². The summed E-state index contributed by atoms with van der Waals surface area (Å²) in [5.74, 6) is 0. The minimum absolute atomic E-state index is 0. The fourth-order valence-electron chi connectivity index (χ4n) is 1.68. The molecule has 0 saturated carbocycles. The van der Waals surface area contributed by atoms with Crippen molar-refractivity contribution in [2.45, 2.75) is 23.6 Å². The van der Waals surface area contributed by atoms with Crippen LogP contribution in [0, 0.1) is 13.8 Å². The molecule has 2 rings (SSSR count). The molecule has 8 heteroatoms. The molecular weight excluding hydrogens is 333 g/mol. The number of benzene rings is 2. The maximum Gasteiger partial charge on any atom is 1.00 e. The van der Waals surface area contributed by atoms with Gasteiger partial charge in [0.15, 0.2) is 0 Å². The van der Waals surface area contributed by atoms with Gasteiger partial charge in [-0.2, -0.15) is 0 Å². The number of hydrogen-bond acceptors (Lipinski definition) is 4. The summed E-state index contributed by atoms with van der Waals surface area (Å²) in [6.45, 7) is 3.62. The molecule has 0 fully saturated rings. The van der Waals surface area contributed by atoms with Crippen LogP contribution in [0.15, 0.2) is 58.3 Å². The summed E-state index contributed by atoms with van der Waals surface area (Å²) in [5.41, 5.74) is 1.77. The Labute approximate surface area is 154 Å². The number of nitrogens with one attached hydrogen (secondary N) is 1. The smallest absolute Gasteiger partial charge is 1.00 e. The maximum atomic E-state index is 12.1. The zero-order valence-corrected chi connectivity index (χ0v) is 16.2. The van der Waals surface area contributed by atoms with Gasteiger partial charge in [-0.15, -0.1) is 4.13 Å². The van der Waals surface area contributed by atoms with E-state index in [1.54, 1.807) is 28.4 Å². The second-order valence-electron chi connectivity index (χ2n) is 4.72. The van der Waals surface area contributed by atoms with Crippen molar-refractivity contribution in [1.29, 1.82) is 0 Å². The fourth-order valence-corrected chi connectivity index (χ4v) is 4.59. The minimum Gasteiger partial charge on any atom is -1.00 e. The monoisotopic (exact) mass is 349 g/mol. The predicted octanol–water partition coefficient (Wildman–Crippen LogP) is -0.913. The van der Waals surface area contributed by atoms with Crippen molar-refractivity contribution in [3.63, 3.8) is 0 Å². The normalized spacial score (nSPS) is 11.7. The average molecular weight is 349 g/mol. The topological polar surface area (TPSA) is 80.3 Å². The van der Waals surface area contributed by atoms with Crippen LogP contribution in [0.4, 0.5) is 0 Å². The SMILES string of the molecule is Cc1ccc(S(=O)(=O)NS(=O)(=O)c2ccc(C)cc2)cc1.[H-].[Na+]. The van der Waals surface area contributed by atoms with Gasteiger partial charge in [0.05, 0.1) is 9.79 Å². The van der Waals surface area contributed by atoms with E-state index in [1.807, 2.05) is 13.8 Å². The molecular formula is C14H16NNaO4S2. The van der Waals surface area contributed by atoms with Crippen molar-refractivity contribution in [3.05, 3.63) is 59.7 Å². The molecule has 114 valence electrons. The summed E-state index contributed by atoms with van der Waals surface area (Å²) >= 11 is 0. The summed E-state index contributed by atoms with van der Waals surface area (Å²) in [7, 11) is -8.26. The Bertz CT molecular complexity index is 775. The van der Waals surface area contributed by atoms with Gasteiger partial charge in [0, 0.05) is 0 Å². The summed E-state index contributed by atoms with van der Waals surface area (Å²) in [5, 5.41) is 0. The molecule has 0 spiro atoms. The second kappa shape index (κ2) is 7.25. The molecule has 0 aliphatic rings. The molecule has 22 heavy (non-hydrogen) atoms. The standard InChI is InChI=1S/C14H15NO4S2.Na.H/c1-11-3-7-13(8-4-11)20(16,17)15-21(18,19)14-9-5-12(2)6-10-14;;/h3-10,15H,1-2H3;;/q;+1;-1. The third-order valence-corrected chi connectivity index (χ3v) is 6.42. The number of rotatable bonds is 4. The molecule has 1 N–H and O–H groups in total. The Balaban J connectivity index is 0.00000242. The van der Waals surface area contributed by atoms with Gasteiger partial charge < -0.3 is 1.43 Å². The van der Waals surface area contributed by atoms with Crippen LogP contribution in [0.3, 0.4) is 0 Å². The first-order valence-corrected chi connectivity index (χ1v) is 9.09. The number of hydrogen-bond donors (Lipinski definition) is 1. The van der Waals surface area contributed by atoms with Crippen molar-refractivity contribution in [1.82, 2.24) is 4.13 Å². The van der Waals surface area contributed by atoms with E-state index < -0.39 is 20.0 Å². The van der Waals surface area contributed by atoms with Gasteiger partial charge in [-0.1, -0.05) is 35.4 Å². The summed E-state index contributed by atoms with van der Waals surface area (Å²) in [4.78, 5) is -0.187.